The zero-order chi connectivity index (χ0) is 21.4. The Morgan fingerprint density at radius 2 is 2.16 bits per heavy atom. The zero-order valence-electron chi connectivity index (χ0n) is 17.0. The molecule has 4 aromatic rings. The second kappa shape index (κ2) is 7.88. The van der Waals surface area contributed by atoms with E-state index in [4.69, 9.17) is 4.74 Å². The highest BCUT2D eigenvalue weighted by Gasteiger charge is 2.27. The number of nitrogens with one attached hydrogen (secondary N) is 1. The number of carbonyl (C=O) groups excluding carboxylic acids is 1. The van der Waals surface area contributed by atoms with Crippen molar-refractivity contribution in [2.75, 3.05) is 13.2 Å². The van der Waals surface area contributed by atoms with Crippen molar-refractivity contribution >= 4 is 22.6 Å². The molecule has 10 heteroatoms. The van der Waals surface area contributed by atoms with Crippen LogP contribution in [-0.4, -0.2) is 59.6 Å². The van der Waals surface area contributed by atoms with Crippen LogP contribution in [0.4, 0.5) is 0 Å². The van der Waals surface area contributed by atoms with Gasteiger partial charge in [0.2, 0.25) is 5.82 Å². The third-order valence-electron chi connectivity index (χ3n) is 5.36. The topological polar surface area (TPSA) is 118 Å². The Morgan fingerprint density at radius 3 is 2.97 bits per heavy atom. The Morgan fingerprint density at radius 1 is 1.29 bits per heavy atom. The van der Waals surface area contributed by atoms with Gasteiger partial charge in [-0.05, 0) is 38.0 Å². The molecule has 1 saturated heterocycles. The normalized spacial score (nSPS) is 16.2. The summed E-state index contributed by atoms with van der Waals surface area (Å²) in [5.74, 6) is 0.435. The van der Waals surface area contributed by atoms with E-state index in [0.29, 0.717) is 35.7 Å². The smallest absolute Gasteiger partial charge is 0.294 e. The maximum atomic E-state index is 13.4. The van der Waals surface area contributed by atoms with Crippen molar-refractivity contribution in [1.82, 2.24) is 34.4 Å². The molecule has 1 fully saturated rings. The maximum absolute atomic E-state index is 13.4. The molecule has 0 aliphatic carbocycles. The minimum Gasteiger partial charge on any atom is -0.376 e. The molecule has 1 aliphatic rings. The van der Waals surface area contributed by atoms with Gasteiger partial charge in [-0.1, -0.05) is 12.1 Å². The van der Waals surface area contributed by atoms with Crippen molar-refractivity contribution in [1.29, 1.82) is 0 Å². The van der Waals surface area contributed by atoms with Crippen LogP contribution >= 0.6 is 0 Å². The van der Waals surface area contributed by atoms with Crippen molar-refractivity contribution < 1.29 is 9.53 Å². The molecule has 0 unspecified atom stereocenters. The highest BCUT2D eigenvalue weighted by atomic mass is 16.5. The third kappa shape index (κ3) is 3.77. The molecule has 1 aliphatic heterocycles. The van der Waals surface area contributed by atoms with Gasteiger partial charge in [-0.15, -0.1) is 5.10 Å². The number of rotatable bonds is 5. The van der Waals surface area contributed by atoms with Crippen molar-refractivity contribution in [2.24, 2.45) is 0 Å². The first-order valence-electron chi connectivity index (χ1n) is 10.2. The first kappa shape index (κ1) is 19.3. The van der Waals surface area contributed by atoms with Crippen LogP contribution in [0.2, 0.25) is 0 Å². The second-order valence-corrected chi connectivity index (χ2v) is 7.58. The molecule has 1 N–H and O–H groups in total. The van der Waals surface area contributed by atoms with Crippen LogP contribution in [0.3, 0.4) is 0 Å². The molecule has 0 spiro atoms. The zero-order valence-corrected chi connectivity index (χ0v) is 17.0. The maximum Gasteiger partial charge on any atom is 0.294 e. The highest BCUT2D eigenvalue weighted by molar-refractivity contribution is 5.91. The number of fused-ring (bicyclic) bond motifs is 2. The van der Waals surface area contributed by atoms with E-state index in [2.05, 4.69) is 25.0 Å². The lowest BCUT2D eigenvalue weighted by Crippen LogP contribution is -2.38. The number of H-pyrrole nitrogens is 1. The third-order valence-corrected chi connectivity index (χ3v) is 5.36. The van der Waals surface area contributed by atoms with E-state index in [9.17, 15) is 9.59 Å². The van der Waals surface area contributed by atoms with Crippen molar-refractivity contribution in [2.45, 2.75) is 32.4 Å². The van der Waals surface area contributed by atoms with E-state index in [-0.39, 0.29) is 29.9 Å². The summed E-state index contributed by atoms with van der Waals surface area (Å²) in [5.41, 5.74) is 1.16. The van der Waals surface area contributed by atoms with E-state index in [0.717, 1.165) is 18.5 Å². The molecule has 1 atom stereocenters. The van der Waals surface area contributed by atoms with Gasteiger partial charge in [-0.2, -0.15) is 4.98 Å². The Bertz CT molecular complexity index is 1320. The minimum atomic E-state index is -0.365. The Hall–Kier alpha value is -3.66. The molecule has 158 valence electrons. The van der Waals surface area contributed by atoms with Gasteiger partial charge in [0.1, 0.15) is 5.82 Å². The second-order valence-electron chi connectivity index (χ2n) is 7.58. The molecule has 0 saturated carbocycles. The van der Waals surface area contributed by atoms with Crippen molar-refractivity contribution in [3.8, 4) is 0 Å². The molecular weight excluding hydrogens is 398 g/mol. The summed E-state index contributed by atoms with van der Waals surface area (Å²) in [6.45, 7) is 3.01. The number of aromatic amines is 1. The van der Waals surface area contributed by atoms with E-state index < -0.39 is 0 Å². The Kier molecular flexibility index (Phi) is 4.91. The van der Waals surface area contributed by atoms with Gasteiger partial charge < -0.3 is 14.6 Å². The van der Waals surface area contributed by atoms with Gasteiger partial charge in [-0.3, -0.25) is 9.59 Å². The number of aryl methyl sites for hydroxylation is 1. The fourth-order valence-electron chi connectivity index (χ4n) is 3.78. The standard InChI is InChI=1S/C21H21N7O3/c1-13-8-9-22-21-25-18(26-28(13)21)20(30)27(11-14-5-4-10-31-14)12-17-23-16-7-3-2-6-15(16)19(29)24-17/h2-3,6-9,14H,4-5,10-12H2,1H3,(H,23,24,29)/t14-/m0/s1. The molecule has 1 amide bonds. The number of benzene rings is 1. The lowest BCUT2D eigenvalue weighted by atomic mass is 10.2. The number of hydrogen-bond donors (Lipinski definition) is 1. The Balaban J connectivity index is 1.49. The number of carbonyl (C=O) groups is 1. The molecule has 10 nitrogen and oxygen atoms in total. The average Bonchev–Trinajstić information content (AvgIpc) is 3.43. The molecule has 31 heavy (non-hydrogen) atoms. The van der Waals surface area contributed by atoms with Gasteiger partial charge in [0.25, 0.3) is 17.2 Å². The van der Waals surface area contributed by atoms with Crippen molar-refractivity contribution in [3.05, 3.63) is 64.2 Å². The lowest BCUT2D eigenvalue weighted by molar-refractivity contribution is 0.0492. The predicted molar refractivity (Wildman–Crippen MR) is 112 cm³/mol. The molecule has 0 bridgehead atoms. The molecule has 0 radical (unpaired) electrons. The number of ether oxygens (including phenoxy) is 1. The molecular formula is C21H21N7O3. The highest BCUT2D eigenvalue weighted by Crippen LogP contribution is 2.16. The van der Waals surface area contributed by atoms with Crippen molar-refractivity contribution in [3.63, 3.8) is 0 Å². The van der Waals surface area contributed by atoms with Gasteiger partial charge in [-0.25, -0.2) is 14.5 Å². The summed E-state index contributed by atoms with van der Waals surface area (Å²) in [6.07, 6.45) is 3.37. The fourth-order valence-corrected chi connectivity index (χ4v) is 3.78. The SMILES string of the molecule is Cc1ccnc2nc(C(=O)N(Cc3nc4ccccc4c(=O)[nH]3)C[C@@H]3CCCO3)nn12. The predicted octanol–water partition coefficient (Wildman–Crippen LogP) is 1.49. The summed E-state index contributed by atoms with van der Waals surface area (Å²) in [7, 11) is 0. The summed E-state index contributed by atoms with van der Waals surface area (Å²) < 4.78 is 7.27. The molecule has 3 aromatic heterocycles. The van der Waals surface area contributed by atoms with Crippen LogP contribution in [0.1, 0.15) is 35.0 Å². The monoisotopic (exact) mass is 419 g/mol. The van der Waals surface area contributed by atoms with Crippen LogP contribution in [0.5, 0.6) is 0 Å². The van der Waals surface area contributed by atoms with E-state index in [1.807, 2.05) is 13.0 Å². The Labute approximate surface area is 176 Å². The van der Waals surface area contributed by atoms with Crippen LogP contribution < -0.4 is 5.56 Å². The number of amides is 1. The molecule has 1 aromatic carbocycles. The van der Waals surface area contributed by atoms with Gasteiger partial charge in [0, 0.05) is 25.0 Å². The summed E-state index contributed by atoms with van der Waals surface area (Å²) in [5, 5.41) is 4.84. The first-order valence-corrected chi connectivity index (χ1v) is 10.2. The summed E-state index contributed by atoms with van der Waals surface area (Å²) in [6, 6.07) is 8.90. The largest absolute Gasteiger partial charge is 0.376 e. The molecule has 4 heterocycles. The number of aromatic nitrogens is 6. The van der Waals surface area contributed by atoms with Crippen LogP contribution in [0, 0.1) is 6.92 Å². The quantitative estimate of drug-likeness (QED) is 0.521. The van der Waals surface area contributed by atoms with Gasteiger partial charge in [0.15, 0.2) is 0 Å². The average molecular weight is 419 g/mol. The first-order chi connectivity index (χ1) is 15.1. The summed E-state index contributed by atoms with van der Waals surface area (Å²) in [4.78, 5) is 43.2. The number of nitrogens with zero attached hydrogens (tertiary/aromatic N) is 6. The van der Waals surface area contributed by atoms with E-state index >= 15 is 0 Å². The number of hydrogen-bond acceptors (Lipinski definition) is 7. The van der Waals surface area contributed by atoms with Crippen LogP contribution in [0.25, 0.3) is 16.7 Å². The molecule has 5 rings (SSSR count). The fraction of sp³-hybridized carbons (Fsp3) is 0.333. The van der Waals surface area contributed by atoms with E-state index in [1.165, 1.54) is 4.52 Å². The van der Waals surface area contributed by atoms with Gasteiger partial charge >= 0.3 is 0 Å². The minimum absolute atomic E-state index is 0.0444. The number of para-hydroxylation sites is 1. The van der Waals surface area contributed by atoms with Gasteiger partial charge in [0.05, 0.1) is 23.6 Å². The van der Waals surface area contributed by atoms with E-state index in [1.54, 1.807) is 35.4 Å². The van der Waals surface area contributed by atoms with Crippen LogP contribution in [0.15, 0.2) is 41.3 Å². The van der Waals surface area contributed by atoms with Crippen LogP contribution in [-0.2, 0) is 11.3 Å². The summed E-state index contributed by atoms with van der Waals surface area (Å²) >= 11 is 0. The lowest BCUT2D eigenvalue weighted by Gasteiger charge is -2.24.